The monoisotopic (exact) mass is 542 g/mol. The predicted molar refractivity (Wildman–Crippen MR) is 170 cm³/mol. The molecule has 2 fully saturated rings. The van der Waals surface area contributed by atoms with Gasteiger partial charge in [0.15, 0.2) is 5.78 Å². The highest BCUT2D eigenvalue weighted by Crippen LogP contribution is 2.48. The highest BCUT2D eigenvalue weighted by molar-refractivity contribution is 6.22. The van der Waals surface area contributed by atoms with Crippen molar-refractivity contribution in [3.05, 3.63) is 113 Å². The minimum Gasteiger partial charge on any atom is -0.370 e. The van der Waals surface area contributed by atoms with Crippen LogP contribution in [0.1, 0.15) is 65.6 Å². The normalized spacial score (nSPS) is 19.5. The largest absolute Gasteiger partial charge is 0.370 e. The third kappa shape index (κ3) is 5.10. The molecule has 0 amide bonds. The van der Waals surface area contributed by atoms with E-state index in [4.69, 9.17) is 0 Å². The molecule has 0 spiro atoms. The fourth-order valence-electron chi connectivity index (χ4n) is 8.07. The van der Waals surface area contributed by atoms with Gasteiger partial charge in [0.05, 0.1) is 5.41 Å². The molecule has 4 aromatic rings. The second-order valence-corrected chi connectivity index (χ2v) is 12.7. The van der Waals surface area contributed by atoms with Crippen molar-refractivity contribution in [1.29, 1.82) is 0 Å². The first kappa shape index (κ1) is 26.5. The molecule has 1 saturated heterocycles. The Hall–Kier alpha value is -3.43. The van der Waals surface area contributed by atoms with E-state index in [1.54, 1.807) is 0 Å². The summed E-state index contributed by atoms with van der Waals surface area (Å²) in [5.41, 5.74) is 5.24. The Balaban J connectivity index is 1.24. The lowest BCUT2D eigenvalue weighted by Gasteiger charge is -2.31. The number of ketones is 1. The van der Waals surface area contributed by atoms with Crippen molar-refractivity contribution in [2.45, 2.75) is 56.8 Å². The molecule has 0 unspecified atom stereocenters. The van der Waals surface area contributed by atoms with Crippen LogP contribution < -0.4 is 4.90 Å². The fourth-order valence-corrected chi connectivity index (χ4v) is 8.07. The molecule has 4 aromatic carbocycles. The molecular formula is C38H42N2O. The lowest BCUT2D eigenvalue weighted by atomic mass is 9.71. The van der Waals surface area contributed by atoms with Gasteiger partial charge in [-0.15, -0.1) is 0 Å². The second-order valence-electron chi connectivity index (χ2n) is 12.7. The number of carbonyl (C=O) groups is 1. The van der Waals surface area contributed by atoms with Crippen LogP contribution in [0.2, 0.25) is 0 Å². The van der Waals surface area contributed by atoms with Gasteiger partial charge in [-0.1, -0.05) is 104 Å². The fraction of sp³-hybridized carbons (Fsp3) is 0.395. The molecule has 0 atom stereocenters. The first-order chi connectivity index (χ1) is 20.2. The van der Waals surface area contributed by atoms with Crippen LogP contribution in [0.3, 0.4) is 0 Å². The van der Waals surface area contributed by atoms with Gasteiger partial charge in [-0.25, -0.2) is 0 Å². The molecule has 1 heterocycles. The Bertz CT molecular complexity index is 1460. The van der Waals surface area contributed by atoms with Gasteiger partial charge in [-0.05, 0) is 72.7 Å². The number of nitrogens with zero attached hydrogens (tertiary/aromatic N) is 2. The van der Waals surface area contributed by atoms with Crippen LogP contribution in [0.4, 0.5) is 5.69 Å². The molecule has 7 rings (SSSR count). The van der Waals surface area contributed by atoms with Crippen molar-refractivity contribution in [2.75, 3.05) is 37.6 Å². The summed E-state index contributed by atoms with van der Waals surface area (Å²) in [6.45, 7) is 5.73. The summed E-state index contributed by atoms with van der Waals surface area (Å²) in [6, 6.07) is 32.3. The van der Waals surface area contributed by atoms with Crippen molar-refractivity contribution < 1.29 is 4.79 Å². The van der Waals surface area contributed by atoms with Crippen LogP contribution in [0.15, 0.2) is 91.0 Å². The minimum absolute atomic E-state index is 0.275. The maximum Gasteiger partial charge on any atom is 0.174 e. The number of Topliss-reactive ketones (excluding diaryl/α,β-unsaturated/α-hetero) is 1. The van der Waals surface area contributed by atoms with Gasteiger partial charge in [0, 0.05) is 42.8 Å². The van der Waals surface area contributed by atoms with E-state index in [0.29, 0.717) is 12.8 Å². The molecule has 0 radical (unpaired) electrons. The molecule has 1 saturated carbocycles. The highest BCUT2D eigenvalue weighted by Gasteiger charge is 2.47. The summed E-state index contributed by atoms with van der Waals surface area (Å²) in [4.78, 5) is 19.9. The van der Waals surface area contributed by atoms with Gasteiger partial charge in [0.25, 0.3) is 0 Å². The molecular weight excluding hydrogens is 500 g/mol. The van der Waals surface area contributed by atoms with Crippen LogP contribution in [0.25, 0.3) is 10.8 Å². The number of anilines is 1. The van der Waals surface area contributed by atoms with Crippen molar-refractivity contribution in [3.8, 4) is 0 Å². The predicted octanol–water partition coefficient (Wildman–Crippen LogP) is 7.85. The highest BCUT2D eigenvalue weighted by atomic mass is 16.1. The summed E-state index contributed by atoms with van der Waals surface area (Å²) in [6.07, 6.45) is 9.71. The van der Waals surface area contributed by atoms with E-state index < -0.39 is 5.41 Å². The van der Waals surface area contributed by atoms with Crippen molar-refractivity contribution in [2.24, 2.45) is 5.92 Å². The molecule has 2 aliphatic carbocycles. The van der Waals surface area contributed by atoms with E-state index in [0.717, 1.165) is 31.1 Å². The maximum absolute atomic E-state index is 14.6. The third-order valence-electron chi connectivity index (χ3n) is 10.1. The average molecular weight is 543 g/mol. The smallest absolute Gasteiger partial charge is 0.174 e. The van der Waals surface area contributed by atoms with Crippen molar-refractivity contribution in [3.63, 3.8) is 0 Å². The number of rotatable bonds is 7. The van der Waals surface area contributed by atoms with E-state index in [9.17, 15) is 4.79 Å². The van der Waals surface area contributed by atoms with Crippen LogP contribution in [-0.4, -0.2) is 43.4 Å². The average Bonchev–Trinajstić information content (AvgIpc) is 3.14. The van der Waals surface area contributed by atoms with Gasteiger partial charge < -0.3 is 9.80 Å². The summed E-state index contributed by atoms with van der Waals surface area (Å²) in [5.74, 6) is 1.16. The van der Waals surface area contributed by atoms with Gasteiger partial charge in [-0.3, -0.25) is 4.79 Å². The number of benzene rings is 4. The maximum atomic E-state index is 14.6. The Kier molecular flexibility index (Phi) is 7.39. The molecule has 41 heavy (non-hydrogen) atoms. The van der Waals surface area contributed by atoms with Gasteiger partial charge >= 0.3 is 0 Å². The lowest BCUT2D eigenvalue weighted by molar-refractivity contribution is 0.0892. The Labute approximate surface area is 245 Å². The van der Waals surface area contributed by atoms with Gasteiger partial charge in [0.1, 0.15) is 0 Å². The van der Waals surface area contributed by atoms with E-state index in [1.807, 2.05) is 0 Å². The number of hydrogen-bond donors (Lipinski definition) is 0. The molecule has 3 aliphatic rings. The topological polar surface area (TPSA) is 23.6 Å². The summed E-state index contributed by atoms with van der Waals surface area (Å²) in [5, 5.41) is 2.43. The van der Waals surface area contributed by atoms with Crippen LogP contribution in [0.5, 0.6) is 0 Å². The molecule has 0 N–H and O–H groups in total. The zero-order chi connectivity index (χ0) is 27.6. The molecule has 0 bridgehead atoms. The first-order valence-corrected chi connectivity index (χ1v) is 15.9. The van der Waals surface area contributed by atoms with Crippen molar-refractivity contribution in [1.82, 2.24) is 4.90 Å². The molecule has 210 valence electrons. The van der Waals surface area contributed by atoms with Crippen molar-refractivity contribution >= 4 is 22.2 Å². The van der Waals surface area contributed by atoms with Gasteiger partial charge in [-0.2, -0.15) is 0 Å². The number of hydrogen-bond acceptors (Lipinski definition) is 3. The van der Waals surface area contributed by atoms with E-state index in [-0.39, 0.29) is 5.78 Å². The van der Waals surface area contributed by atoms with Crippen LogP contribution >= 0.6 is 0 Å². The minimum atomic E-state index is -0.598. The van der Waals surface area contributed by atoms with E-state index >= 15 is 0 Å². The Morgan fingerprint density at radius 2 is 1.37 bits per heavy atom. The van der Waals surface area contributed by atoms with Gasteiger partial charge in [0.2, 0.25) is 0 Å². The van der Waals surface area contributed by atoms with E-state index in [1.165, 1.54) is 84.8 Å². The number of carbonyl (C=O) groups excluding carboxylic acids is 1. The summed E-state index contributed by atoms with van der Waals surface area (Å²) >= 11 is 0. The SMILES string of the molecule is O=C1c2cccc3c(N4CCCN(CC5CCCCC5)CC4)ccc(c23)C1(Cc1ccccc1)Cc1ccccc1. The summed E-state index contributed by atoms with van der Waals surface area (Å²) in [7, 11) is 0. The van der Waals surface area contributed by atoms with Crippen LogP contribution in [-0.2, 0) is 18.3 Å². The first-order valence-electron chi connectivity index (χ1n) is 15.9. The zero-order valence-electron chi connectivity index (χ0n) is 24.2. The third-order valence-corrected chi connectivity index (χ3v) is 10.1. The Morgan fingerprint density at radius 3 is 2.07 bits per heavy atom. The zero-order valence-corrected chi connectivity index (χ0v) is 24.2. The molecule has 3 heteroatoms. The molecule has 3 nitrogen and oxygen atoms in total. The Morgan fingerprint density at radius 1 is 0.659 bits per heavy atom. The quantitative estimate of drug-likeness (QED) is 0.238. The molecule has 0 aromatic heterocycles. The summed E-state index contributed by atoms with van der Waals surface area (Å²) < 4.78 is 0. The standard InChI is InChI=1S/C38H42N2O/c41-37-33-19-10-18-32-35(40-23-11-22-39(24-25-40)28-31-16-8-3-9-17-31)21-20-34(36(32)33)38(37,26-29-12-4-1-5-13-29)27-30-14-6-2-7-15-30/h1-2,4-7,10,12-15,18-21,31H,3,8-9,11,16-17,22-28H2. The van der Waals surface area contributed by atoms with Crippen LogP contribution in [0, 0.1) is 5.92 Å². The lowest BCUT2D eigenvalue weighted by Crippen LogP contribution is -2.37. The van der Waals surface area contributed by atoms with E-state index in [2.05, 4.69) is 101 Å². The molecule has 1 aliphatic heterocycles. The second kappa shape index (κ2) is 11.4.